The van der Waals surface area contributed by atoms with Gasteiger partial charge in [0, 0.05) is 12.1 Å². The lowest BCUT2D eigenvalue weighted by atomic mass is 9.83. The van der Waals surface area contributed by atoms with E-state index in [4.69, 9.17) is 0 Å². The monoisotopic (exact) mass is 454 g/mol. The number of hydrogen-bond donors (Lipinski definition) is 2. The first-order valence-corrected chi connectivity index (χ1v) is 10.2. The highest BCUT2D eigenvalue weighted by Crippen LogP contribution is 2.40. The zero-order chi connectivity index (χ0) is 22.3. The van der Waals surface area contributed by atoms with Gasteiger partial charge in [-0.2, -0.15) is 26.3 Å². The first-order chi connectivity index (χ1) is 13.8. The smallest absolute Gasteiger partial charge is 0.373 e. The van der Waals surface area contributed by atoms with Crippen LogP contribution in [-0.2, 0) is 22.2 Å². The van der Waals surface area contributed by atoms with E-state index in [1.807, 2.05) is 0 Å². The molecule has 0 aliphatic heterocycles. The Bertz CT molecular complexity index is 1020. The van der Waals surface area contributed by atoms with Crippen LogP contribution in [0, 0.1) is 5.92 Å². The van der Waals surface area contributed by atoms with Crippen LogP contribution in [0.3, 0.4) is 0 Å². The minimum atomic E-state index is -4.70. The molecular formula is C18H16F6N2O3S. The van der Waals surface area contributed by atoms with Gasteiger partial charge in [0.25, 0.3) is 0 Å². The van der Waals surface area contributed by atoms with Crippen molar-refractivity contribution < 1.29 is 39.9 Å². The van der Waals surface area contributed by atoms with Crippen molar-refractivity contribution >= 4 is 15.7 Å². The number of alkyl halides is 6. The number of hydrogen-bond acceptors (Lipinski definition) is 5. The second-order valence-electron chi connectivity index (χ2n) is 6.91. The van der Waals surface area contributed by atoms with E-state index >= 15 is 0 Å². The molecule has 30 heavy (non-hydrogen) atoms. The number of aliphatic hydroxyl groups excluding tert-OH is 1. The number of aliphatic hydroxyl groups is 1. The highest BCUT2D eigenvalue weighted by atomic mass is 32.2. The van der Waals surface area contributed by atoms with E-state index in [0.717, 1.165) is 36.5 Å². The number of anilines is 1. The third-order valence-electron chi connectivity index (χ3n) is 4.90. The lowest BCUT2D eigenvalue weighted by Crippen LogP contribution is -2.44. The van der Waals surface area contributed by atoms with E-state index in [0.29, 0.717) is 6.07 Å². The summed E-state index contributed by atoms with van der Waals surface area (Å²) < 4.78 is 103. The summed E-state index contributed by atoms with van der Waals surface area (Å²) >= 11 is 0. The molecule has 1 aromatic carbocycles. The SMILES string of the molecule is O=S(=O)(c1cccc(C(F)(F)F)c1)C1CC(C(O)Nc2ncccc2C(F)(F)F)C1. The van der Waals surface area contributed by atoms with Gasteiger partial charge in [-0.15, -0.1) is 0 Å². The van der Waals surface area contributed by atoms with Crippen molar-refractivity contribution in [3.05, 3.63) is 53.7 Å². The van der Waals surface area contributed by atoms with Crippen molar-refractivity contribution in [1.82, 2.24) is 4.98 Å². The fourth-order valence-electron chi connectivity index (χ4n) is 3.17. The van der Waals surface area contributed by atoms with E-state index in [-0.39, 0.29) is 12.8 Å². The van der Waals surface area contributed by atoms with E-state index in [2.05, 4.69) is 10.3 Å². The van der Waals surface area contributed by atoms with Crippen molar-refractivity contribution in [2.24, 2.45) is 5.92 Å². The van der Waals surface area contributed by atoms with Gasteiger partial charge in [-0.1, -0.05) is 6.07 Å². The van der Waals surface area contributed by atoms with E-state index in [1.54, 1.807) is 0 Å². The van der Waals surface area contributed by atoms with Gasteiger partial charge in [0.2, 0.25) is 0 Å². The van der Waals surface area contributed by atoms with E-state index in [9.17, 15) is 39.9 Å². The van der Waals surface area contributed by atoms with Gasteiger partial charge in [0.05, 0.1) is 21.3 Å². The Morgan fingerprint density at radius 2 is 1.70 bits per heavy atom. The molecule has 5 nitrogen and oxygen atoms in total. The van der Waals surface area contributed by atoms with E-state index in [1.165, 1.54) is 0 Å². The van der Waals surface area contributed by atoms with Crippen LogP contribution in [-0.4, -0.2) is 30.0 Å². The van der Waals surface area contributed by atoms with Gasteiger partial charge in [0.15, 0.2) is 9.84 Å². The molecule has 1 aliphatic carbocycles. The third-order valence-corrected chi connectivity index (χ3v) is 7.08. The fourth-order valence-corrected chi connectivity index (χ4v) is 5.11. The molecule has 3 rings (SSSR count). The molecule has 1 atom stereocenters. The van der Waals surface area contributed by atoms with Gasteiger partial charge in [-0.05, 0) is 43.2 Å². The highest BCUT2D eigenvalue weighted by Gasteiger charge is 2.44. The first-order valence-electron chi connectivity index (χ1n) is 8.68. The molecule has 0 bridgehead atoms. The van der Waals surface area contributed by atoms with Gasteiger partial charge < -0.3 is 10.4 Å². The predicted molar refractivity (Wildman–Crippen MR) is 94.0 cm³/mol. The van der Waals surface area contributed by atoms with Crippen molar-refractivity contribution in [1.29, 1.82) is 0 Å². The molecule has 0 radical (unpaired) electrons. The van der Waals surface area contributed by atoms with Crippen molar-refractivity contribution in [3.8, 4) is 0 Å². The van der Waals surface area contributed by atoms with Crippen LogP contribution in [0.1, 0.15) is 24.0 Å². The largest absolute Gasteiger partial charge is 0.419 e. The molecule has 0 saturated heterocycles. The summed E-state index contributed by atoms with van der Waals surface area (Å²) in [5.41, 5.74) is -2.19. The summed E-state index contributed by atoms with van der Waals surface area (Å²) in [5, 5.41) is 11.3. The molecule has 164 valence electrons. The van der Waals surface area contributed by atoms with Crippen LogP contribution >= 0.6 is 0 Å². The molecule has 1 heterocycles. The zero-order valence-corrected chi connectivity index (χ0v) is 15.9. The number of pyridine rings is 1. The number of benzene rings is 1. The number of nitrogens with zero attached hydrogens (tertiary/aromatic N) is 1. The maximum absolute atomic E-state index is 13.0. The average Bonchev–Trinajstić information content (AvgIpc) is 2.59. The minimum Gasteiger partial charge on any atom is -0.373 e. The number of nitrogens with one attached hydrogen (secondary N) is 1. The van der Waals surface area contributed by atoms with Crippen LogP contribution in [0.2, 0.25) is 0 Å². The Morgan fingerprint density at radius 3 is 2.30 bits per heavy atom. The van der Waals surface area contributed by atoms with Crippen LogP contribution in [0.4, 0.5) is 32.2 Å². The van der Waals surface area contributed by atoms with Crippen molar-refractivity contribution in [2.45, 2.75) is 41.6 Å². The summed E-state index contributed by atoms with van der Waals surface area (Å²) in [4.78, 5) is 3.06. The van der Waals surface area contributed by atoms with E-state index < -0.39 is 61.4 Å². The minimum absolute atomic E-state index is 0.124. The summed E-state index contributed by atoms with van der Waals surface area (Å²) in [6.45, 7) is 0. The normalized spacial score (nSPS) is 21.0. The molecule has 2 N–H and O–H groups in total. The number of halogens is 6. The Morgan fingerprint density at radius 1 is 1.03 bits per heavy atom. The second-order valence-corrected chi connectivity index (χ2v) is 9.14. The Kier molecular flexibility index (Phi) is 5.76. The van der Waals surface area contributed by atoms with Crippen molar-refractivity contribution in [3.63, 3.8) is 0 Å². The molecule has 1 aromatic heterocycles. The Balaban J connectivity index is 1.69. The zero-order valence-electron chi connectivity index (χ0n) is 15.1. The first kappa shape index (κ1) is 22.3. The lowest BCUT2D eigenvalue weighted by Gasteiger charge is -2.38. The molecule has 1 fully saturated rings. The molecule has 0 amide bonds. The van der Waals surface area contributed by atoms with Crippen LogP contribution < -0.4 is 5.32 Å². The maximum atomic E-state index is 13.0. The number of rotatable bonds is 5. The highest BCUT2D eigenvalue weighted by molar-refractivity contribution is 7.92. The topological polar surface area (TPSA) is 79.3 Å². The molecule has 1 saturated carbocycles. The van der Waals surface area contributed by atoms with Gasteiger partial charge in [-0.3, -0.25) is 0 Å². The molecule has 1 unspecified atom stereocenters. The predicted octanol–water partition coefficient (Wildman–Crippen LogP) is 4.10. The number of aromatic nitrogens is 1. The number of sulfone groups is 1. The Hall–Kier alpha value is -2.34. The molecule has 12 heteroatoms. The summed E-state index contributed by atoms with van der Waals surface area (Å²) in [7, 11) is -4.09. The van der Waals surface area contributed by atoms with Crippen LogP contribution in [0.25, 0.3) is 0 Å². The van der Waals surface area contributed by atoms with Gasteiger partial charge in [0.1, 0.15) is 12.0 Å². The fraction of sp³-hybridized carbons (Fsp3) is 0.389. The van der Waals surface area contributed by atoms with Gasteiger partial charge in [-0.25, -0.2) is 13.4 Å². The van der Waals surface area contributed by atoms with Gasteiger partial charge >= 0.3 is 12.4 Å². The molecule has 1 aliphatic rings. The van der Waals surface area contributed by atoms with Crippen LogP contribution in [0.5, 0.6) is 0 Å². The van der Waals surface area contributed by atoms with Crippen molar-refractivity contribution in [2.75, 3.05) is 5.32 Å². The maximum Gasteiger partial charge on any atom is 0.419 e. The average molecular weight is 454 g/mol. The van der Waals surface area contributed by atoms with Crippen LogP contribution in [0.15, 0.2) is 47.5 Å². The third kappa shape index (κ3) is 4.53. The summed E-state index contributed by atoms with van der Waals surface area (Å²) in [6.07, 6.45) is -10.1. The summed E-state index contributed by atoms with van der Waals surface area (Å²) in [6, 6.07) is 5.20. The standard InChI is InChI=1S/C18H16F6N2O3S/c19-17(20,21)11-3-1-4-12(9-11)30(28,29)13-7-10(8-13)16(27)26-15-14(18(22,23)24)5-2-6-25-15/h1-6,9-10,13,16,27H,7-8H2,(H,25,26). The quantitative estimate of drug-likeness (QED) is 0.525. The second kappa shape index (κ2) is 7.73. The molecule has 0 spiro atoms. The Labute approximate surface area is 167 Å². The summed E-state index contributed by atoms with van der Waals surface area (Å²) in [5.74, 6) is -1.31. The lowest BCUT2D eigenvalue weighted by molar-refractivity contribution is -0.138. The molecular weight excluding hydrogens is 438 g/mol. The molecule has 2 aromatic rings.